The molecule has 5 rings (SSSR count). The minimum Gasteiger partial charge on any atom is -0.353 e. The lowest BCUT2D eigenvalue weighted by atomic mass is 10.2. The summed E-state index contributed by atoms with van der Waals surface area (Å²) < 4.78 is 4.22. The number of hydrogen-bond donors (Lipinski definition) is 0. The average molecular weight is 441 g/mol. The molecule has 10 heteroatoms. The summed E-state index contributed by atoms with van der Waals surface area (Å²) in [4.78, 5) is 30.0. The monoisotopic (exact) mass is 440 g/mol. The van der Waals surface area contributed by atoms with Gasteiger partial charge in [-0.25, -0.2) is 9.97 Å². The van der Waals surface area contributed by atoms with E-state index in [1.807, 2.05) is 22.8 Å². The lowest BCUT2D eigenvalue weighted by molar-refractivity contribution is 0.246. The molecule has 28 heavy (non-hydrogen) atoms. The number of halogens is 1. The first kappa shape index (κ1) is 17.3. The van der Waals surface area contributed by atoms with E-state index in [0.29, 0.717) is 12.2 Å². The van der Waals surface area contributed by atoms with Gasteiger partial charge in [0.15, 0.2) is 11.5 Å². The number of piperazine rings is 1. The highest BCUT2D eigenvalue weighted by Gasteiger charge is 2.20. The first-order valence-corrected chi connectivity index (χ1v) is 9.75. The van der Waals surface area contributed by atoms with Crippen molar-refractivity contribution in [2.75, 3.05) is 31.1 Å². The minimum atomic E-state index is -0.0659. The van der Waals surface area contributed by atoms with Crippen molar-refractivity contribution >= 4 is 33.0 Å². The van der Waals surface area contributed by atoms with Crippen LogP contribution in [0, 0.1) is 0 Å². The topological polar surface area (TPSA) is 83.9 Å². The van der Waals surface area contributed by atoms with E-state index in [1.165, 1.54) is 0 Å². The fourth-order valence-electron chi connectivity index (χ4n) is 3.53. The Morgan fingerprint density at radius 2 is 1.93 bits per heavy atom. The maximum absolute atomic E-state index is 12.4. The van der Waals surface area contributed by atoms with Crippen molar-refractivity contribution in [1.82, 2.24) is 33.9 Å². The van der Waals surface area contributed by atoms with Crippen LogP contribution in [0.5, 0.6) is 0 Å². The van der Waals surface area contributed by atoms with Crippen molar-refractivity contribution in [3.8, 4) is 0 Å². The Kier molecular flexibility index (Phi) is 4.29. The van der Waals surface area contributed by atoms with Gasteiger partial charge in [-0.3, -0.25) is 19.1 Å². The standard InChI is InChI=1S/C18H17BrN8O/c19-13-1-2-15-23-14(7-18(28)26(15)10-13)11-24-3-5-25(6-4-24)17-9-20-8-16-21-12-22-27(16)17/h1-2,7-10,12H,3-6,11H2. The molecule has 9 nitrogen and oxygen atoms in total. The van der Waals surface area contributed by atoms with Crippen LogP contribution in [0.1, 0.15) is 5.69 Å². The van der Waals surface area contributed by atoms with Crippen molar-refractivity contribution in [1.29, 1.82) is 0 Å². The zero-order valence-electron chi connectivity index (χ0n) is 14.9. The van der Waals surface area contributed by atoms with Crippen molar-refractivity contribution in [3.05, 3.63) is 63.6 Å². The van der Waals surface area contributed by atoms with Crippen LogP contribution in [-0.2, 0) is 6.54 Å². The van der Waals surface area contributed by atoms with E-state index in [1.54, 1.807) is 29.2 Å². The summed E-state index contributed by atoms with van der Waals surface area (Å²) in [5.41, 5.74) is 2.13. The summed E-state index contributed by atoms with van der Waals surface area (Å²) >= 11 is 3.39. The van der Waals surface area contributed by atoms with Gasteiger partial charge in [-0.2, -0.15) is 9.61 Å². The predicted octanol–water partition coefficient (Wildman–Crippen LogP) is 1.22. The lowest BCUT2D eigenvalue weighted by Crippen LogP contribution is -2.46. The Bertz CT molecular complexity index is 1210. The van der Waals surface area contributed by atoms with E-state index in [2.05, 4.69) is 45.8 Å². The van der Waals surface area contributed by atoms with Gasteiger partial charge in [0.2, 0.25) is 0 Å². The third-order valence-electron chi connectivity index (χ3n) is 4.93. The number of rotatable bonds is 3. The zero-order chi connectivity index (χ0) is 19.1. The summed E-state index contributed by atoms with van der Waals surface area (Å²) in [5.74, 6) is 0.947. The highest BCUT2D eigenvalue weighted by molar-refractivity contribution is 9.10. The fraction of sp³-hybridized carbons (Fsp3) is 0.278. The molecule has 0 radical (unpaired) electrons. The molecular weight excluding hydrogens is 424 g/mol. The molecule has 5 heterocycles. The van der Waals surface area contributed by atoms with Crippen LogP contribution in [0.25, 0.3) is 11.3 Å². The van der Waals surface area contributed by atoms with Crippen molar-refractivity contribution < 1.29 is 0 Å². The molecule has 0 spiro atoms. The van der Waals surface area contributed by atoms with E-state index in [0.717, 1.165) is 47.8 Å². The van der Waals surface area contributed by atoms with Crippen LogP contribution in [0.3, 0.4) is 0 Å². The predicted molar refractivity (Wildman–Crippen MR) is 107 cm³/mol. The Hall–Kier alpha value is -2.85. The molecule has 0 aliphatic carbocycles. The zero-order valence-corrected chi connectivity index (χ0v) is 16.5. The molecule has 0 amide bonds. The smallest absolute Gasteiger partial charge is 0.258 e. The number of pyridine rings is 1. The second-order valence-electron chi connectivity index (χ2n) is 6.72. The van der Waals surface area contributed by atoms with Gasteiger partial charge in [0.1, 0.15) is 12.0 Å². The largest absolute Gasteiger partial charge is 0.353 e. The quantitative estimate of drug-likeness (QED) is 0.473. The number of nitrogens with zero attached hydrogens (tertiary/aromatic N) is 8. The molecule has 4 aromatic heterocycles. The van der Waals surface area contributed by atoms with Gasteiger partial charge in [-0.1, -0.05) is 0 Å². The van der Waals surface area contributed by atoms with Crippen LogP contribution in [-0.4, -0.2) is 60.0 Å². The second-order valence-corrected chi connectivity index (χ2v) is 7.64. The Balaban J connectivity index is 1.31. The van der Waals surface area contributed by atoms with E-state index in [9.17, 15) is 4.79 Å². The number of fused-ring (bicyclic) bond motifs is 2. The third kappa shape index (κ3) is 3.14. The normalized spacial score (nSPS) is 15.5. The van der Waals surface area contributed by atoms with Gasteiger partial charge in [0.05, 0.1) is 18.1 Å². The maximum atomic E-state index is 12.4. The highest BCUT2D eigenvalue weighted by Crippen LogP contribution is 2.17. The molecule has 4 aromatic rings. The molecule has 0 unspecified atom stereocenters. The minimum absolute atomic E-state index is 0.0659. The fourth-order valence-corrected chi connectivity index (χ4v) is 3.86. The van der Waals surface area contributed by atoms with Gasteiger partial charge < -0.3 is 4.90 Å². The van der Waals surface area contributed by atoms with E-state index in [-0.39, 0.29) is 5.56 Å². The van der Waals surface area contributed by atoms with Gasteiger partial charge in [-0.05, 0) is 28.1 Å². The molecular formula is C18H17BrN8O. The number of aromatic nitrogens is 6. The molecule has 1 saturated heterocycles. The summed E-state index contributed by atoms with van der Waals surface area (Å²) in [6, 6.07) is 5.35. The highest BCUT2D eigenvalue weighted by atomic mass is 79.9. The molecule has 0 bridgehead atoms. The first-order valence-electron chi connectivity index (χ1n) is 8.96. The Labute approximate surface area is 168 Å². The molecule has 142 valence electrons. The van der Waals surface area contributed by atoms with Crippen LogP contribution in [0.15, 0.2) is 52.4 Å². The van der Waals surface area contributed by atoms with Crippen LogP contribution in [0.4, 0.5) is 5.82 Å². The molecule has 0 aromatic carbocycles. The Morgan fingerprint density at radius 3 is 2.79 bits per heavy atom. The van der Waals surface area contributed by atoms with E-state index < -0.39 is 0 Å². The van der Waals surface area contributed by atoms with Gasteiger partial charge in [-0.15, -0.1) is 0 Å². The molecule has 1 fully saturated rings. The van der Waals surface area contributed by atoms with Gasteiger partial charge in [0, 0.05) is 49.5 Å². The summed E-state index contributed by atoms with van der Waals surface area (Å²) in [6.07, 6.45) is 6.81. The maximum Gasteiger partial charge on any atom is 0.258 e. The summed E-state index contributed by atoms with van der Waals surface area (Å²) in [6.45, 7) is 4.08. The second kappa shape index (κ2) is 6.95. The molecule has 0 atom stereocenters. The van der Waals surface area contributed by atoms with E-state index in [4.69, 9.17) is 0 Å². The van der Waals surface area contributed by atoms with Gasteiger partial charge >= 0.3 is 0 Å². The molecule has 0 N–H and O–H groups in total. The van der Waals surface area contributed by atoms with Crippen molar-refractivity contribution in [3.63, 3.8) is 0 Å². The third-order valence-corrected chi connectivity index (χ3v) is 5.40. The lowest BCUT2D eigenvalue weighted by Gasteiger charge is -2.35. The van der Waals surface area contributed by atoms with Crippen molar-refractivity contribution in [2.45, 2.75) is 6.54 Å². The van der Waals surface area contributed by atoms with Crippen LogP contribution in [0.2, 0.25) is 0 Å². The van der Waals surface area contributed by atoms with Crippen LogP contribution < -0.4 is 10.5 Å². The first-order chi connectivity index (χ1) is 13.7. The Morgan fingerprint density at radius 1 is 1.07 bits per heavy atom. The summed E-state index contributed by atoms with van der Waals surface area (Å²) in [7, 11) is 0. The average Bonchev–Trinajstić information content (AvgIpc) is 3.18. The van der Waals surface area contributed by atoms with Crippen LogP contribution >= 0.6 is 15.9 Å². The molecule has 0 saturated carbocycles. The van der Waals surface area contributed by atoms with E-state index >= 15 is 0 Å². The number of anilines is 1. The molecule has 1 aliphatic heterocycles. The molecule has 1 aliphatic rings. The SMILES string of the molecule is O=c1cc(CN2CCN(c3cncc4ncnn34)CC2)nc2ccc(Br)cn12. The summed E-state index contributed by atoms with van der Waals surface area (Å²) in [5, 5.41) is 4.29. The van der Waals surface area contributed by atoms with Gasteiger partial charge in [0.25, 0.3) is 5.56 Å². The van der Waals surface area contributed by atoms with Crippen molar-refractivity contribution in [2.24, 2.45) is 0 Å². The number of hydrogen-bond acceptors (Lipinski definition) is 7.